The maximum absolute atomic E-state index is 12.5. The van der Waals surface area contributed by atoms with Gasteiger partial charge in [0.25, 0.3) is 11.6 Å². The third-order valence-electron chi connectivity index (χ3n) is 3.97. The minimum absolute atomic E-state index is 0.0246. The smallest absolute Gasteiger partial charge is 0.283 e. The number of carbonyl (C=O) groups excluding carboxylic acids is 1. The molecule has 6 nitrogen and oxygen atoms in total. The number of carbonyl (C=O) groups is 1. The average Bonchev–Trinajstić information content (AvgIpc) is 2.46. The molecular weight excluding hydrogens is 294 g/mol. The first kappa shape index (κ1) is 15.7. The van der Waals surface area contributed by atoms with Crippen LogP contribution in [0.3, 0.4) is 0 Å². The minimum atomic E-state index is -0.576. The topological polar surface area (TPSA) is 89.5 Å². The summed E-state index contributed by atoms with van der Waals surface area (Å²) >= 11 is 5.99. The second-order valence-electron chi connectivity index (χ2n) is 5.38. The fraction of sp³-hybridized carbons (Fsp3) is 0.500. The second kappa shape index (κ2) is 6.41. The normalized spacial score (nSPS) is 17.6. The van der Waals surface area contributed by atoms with Crippen molar-refractivity contribution >= 4 is 23.2 Å². The van der Waals surface area contributed by atoms with Crippen LogP contribution in [0.2, 0.25) is 5.02 Å². The maximum Gasteiger partial charge on any atom is 0.283 e. The number of amides is 1. The van der Waals surface area contributed by atoms with Gasteiger partial charge in [0.15, 0.2) is 0 Å². The van der Waals surface area contributed by atoms with Crippen molar-refractivity contribution in [2.75, 3.05) is 13.1 Å². The lowest BCUT2D eigenvalue weighted by molar-refractivity contribution is -0.385. The van der Waals surface area contributed by atoms with E-state index < -0.39 is 4.92 Å². The fourth-order valence-corrected chi connectivity index (χ4v) is 2.91. The Kier molecular flexibility index (Phi) is 4.80. The number of hydrogen-bond acceptors (Lipinski definition) is 4. The number of halogens is 1. The van der Waals surface area contributed by atoms with Gasteiger partial charge >= 0.3 is 0 Å². The molecule has 1 aliphatic rings. The lowest BCUT2D eigenvalue weighted by atomic mass is 9.90. The predicted molar refractivity (Wildman–Crippen MR) is 80.4 cm³/mol. The van der Waals surface area contributed by atoms with Crippen molar-refractivity contribution in [1.29, 1.82) is 0 Å². The van der Waals surface area contributed by atoms with Crippen molar-refractivity contribution in [1.82, 2.24) is 4.90 Å². The number of hydrogen-bond donors (Lipinski definition) is 1. The van der Waals surface area contributed by atoms with Crippen molar-refractivity contribution in [3.05, 3.63) is 38.9 Å². The van der Waals surface area contributed by atoms with Crippen LogP contribution in [-0.2, 0) is 0 Å². The van der Waals surface area contributed by atoms with E-state index in [1.165, 1.54) is 18.2 Å². The number of nitrogens with two attached hydrogens (primary N) is 1. The average molecular weight is 312 g/mol. The van der Waals surface area contributed by atoms with Gasteiger partial charge in [-0.25, -0.2) is 0 Å². The third kappa shape index (κ3) is 3.33. The summed E-state index contributed by atoms with van der Waals surface area (Å²) in [5.41, 5.74) is 5.60. The van der Waals surface area contributed by atoms with Crippen LogP contribution in [0.15, 0.2) is 18.2 Å². The van der Waals surface area contributed by atoms with Gasteiger partial charge in [0, 0.05) is 25.2 Å². The highest BCUT2D eigenvalue weighted by atomic mass is 35.5. The van der Waals surface area contributed by atoms with Gasteiger partial charge in [0.05, 0.1) is 9.95 Å². The first-order valence-electron chi connectivity index (χ1n) is 6.89. The largest absolute Gasteiger partial charge is 0.338 e. The van der Waals surface area contributed by atoms with Crippen LogP contribution >= 0.6 is 11.6 Å². The first-order chi connectivity index (χ1) is 9.91. The molecule has 7 heteroatoms. The number of piperidine rings is 1. The zero-order valence-corrected chi connectivity index (χ0v) is 12.5. The molecule has 0 saturated carbocycles. The Morgan fingerprint density at radius 1 is 1.48 bits per heavy atom. The fourth-order valence-electron chi connectivity index (χ4n) is 2.66. The van der Waals surface area contributed by atoms with E-state index in [0.29, 0.717) is 19.0 Å². The van der Waals surface area contributed by atoms with E-state index in [0.717, 1.165) is 12.8 Å². The summed E-state index contributed by atoms with van der Waals surface area (Å²) in [6, 6.07) is 4.36. The van der Waals surface area contributed by atoms with Gasteiger partial charge in [-0.3, -0.25) is 14.9 Å². The summed E-state index contributed by atoms with van der Waals surface area (Å²) in [7, 11) is 0. The molecule has 1 aromatic rings. The van der Waals surface area contributed by atoms with Gasteiger partial charge in [-0.05, 0) is 31.7 Å². The molecule has 2 rings (SSSR count). The molecular formula is C14H18ClN3O3. The van der Waals surface area contributed by atoms with Crippen molar-refractivity contribution in [2.45, 2.75) is 25.8 Å². The molecule has 1 amide bonds. The SMILES string of the molecule is CC(N)C1CCN(C(=O)c2c(Cl)cccc2[N+](=O)[O-])CC1. The highest BCUT2D eigenvalue weighted by Crippen LogP contribution is 2.29. The van der Waals surface area contributed by atoms with Crippen LogP contribution in [0.5, 0.6) is 0 Å². The summed E-state index contributed by atoms with van der Waals surface area (Å²) < 4.78 is 0. The predicted octanol–water partition coefficient (Wildman–Crippen LogP) is 2.45. The molecule has 1 aromatic carbocycles. The monoisotopic (exact) mass is 311 g/mol. The molecule has 0 aromatic heterocycles. The lowest BCUT2D eigenvalue weighted by Crippen LogP contribution is -2.42. The molecule has 0 bridgehead atoms. The first-order valence-corrected chi connectivity index (χ1v) is 7.27. The van der Waals surface area contributed by atoms with Crippen molar-refractivity contribution < 1.29 is 9.72 Å². The highest BCUT2D eigenvalue weighted by Gasteiger charge is 2.30. The van der Waals surface area contributed by atoms with Gasteiger partial charge in [0.1, 0.15) is 5.56 Å². The summed E-state index contributed by atoms with van der Waals surface area (Å²) in [6.07, 6.45) is 1.61. The van der Waals surface area contributed by atoms with Crippen molar-refractivity contribution in [3.8, 4) is 0 Å². The number of likely N-dealkylation sites (tertiary alicyclic amines) is 1. The number of rotatable bonds is 3. The second-order valence-corrected chi connectivity index (χ2v) is 5.79. The summed E-state index contributed by atoms with van der Waals surface area (Å²) in [5, 5.41) is 11.2. The summed E-state index contributed by atoms with van der Waals surface area (Å²) in [6.45, 7) is 3.06. The van der Waals surface area contributed by atoms with Crippen molar-refractivity contribution in [2.24, 2.45) is 11.7 Å². The van der Waals surface area contributed by atoms with E-state index in [1.807, 2.05) is 6.92 Å². The Morgan fingerprint density at radius 2 is 2.10 bits per heavy atom. The minimum Gasteiger partial charge on any atom is -0.338 e. The molecule has 1 unspecified atom stereocenters. The molecule has 0 spiro atoms. The van der Waals surface area contributed by atoms with Crippen molar-refractivity contribution in [3.63, 3.8) is 0 Å². The maximum atomic E-state index is 12.5. The van der Waals surface area contributed by atoms with Gasteiger partial charge in [-0.15, -0.1) is 0 Å². The molecule has 0 radical (unpaired) electrons. The van der Waals surface area contributed by atoms with E-state index in [1.54, 1.807) is 4.90 Å². The molecule has 1 fully saturated rings. The van der Waals surface area contributed by atoms with E-state index in [4.69, 9.17) is 17.3 Å². The lowest BCUT2D eigenvalue weighted by Gasteiger charge is -2.33. The molecule has 0 aliphatic carbocycles. The quantitative estimate of drug-likeness (QED) is 0.686. The van der Waals surface area contributed by atoms with E-state index in [2.05, 4.69) is 0 Å². The van der Waals surface area contributed by atoms with Gasteiger partial charge < -0.3 is 10.6 Å². The Morgan fingerprint density at radius 3 is 2.62 bits per heavy atom. The highest BCUT2D eigenvalue weighted by molar-refractivity contribution is 6.34. The van der Waals surface area contributed by atoms with Gasteiger partial charge in [0.2, 0.25) is 0 Å². The third-order valence-corrected chi connectivity index (χ3v) is 4.29. The number of nitro groups is 1. The van der Waals surface area contributed by atoms with E-state index in [-0.39, 0.29) is 28.2 Å². The Labute approximate surface area is 128 Å². The molecule has 1 atom stereocenters. The van der Waals surface area contributed by atoms with Crippen LogP contribution < -0.4 is 5.73 Å². The number of nitro benzene ring substituents is 1. The molecule has 1 heterocycles. The Balaban J connectivity index is 2.20. The van der Waals surface area contributed by atoms with Crippen LogP contribution in [0, 0.1) is 16.0 Å². The zero-order chi connectivity index (χ0) is 15.6. The van der Waals surface area contributed by atoms with E-state index in [9.17, 15) is 14.9 Å². The summed E-state index contributed by atoms with van der Waals surface area (Å²) in [4.78, 5) is 24.6. The Bertz CT molecular complexity index is 554. The van der Waals surface area contributed by atoms with Crippen LogP contribution in [-0.4, -0.2) is 34.9 Å². The standard InChI is InChI=1S/C14H18ClN3O3/c1-9(16)10-5-7-17(8-6-10)14(19)13-11(15)3-2-4-12(13)18(20)21/h2-4,9-10H,5-8,16H2,1H3. The van der Waals surface area contributed by atoms with E-state index >= 15 is 0 Å². The van der Waals surface area contributed by atoms with Crippen LogP contribution in [0.4, 0.5) is 5.69 Å². The number of benzene rings is 1. The molecule has 114 valence electrons. The summed E-state index contributed by atoms with van der Waals surface area (Å²) in [5.74, 6) is 0.00528. The van der Waals surface area contributed by atoms with Gasteiger partial charge in [-0.2, -0.15) is 0 Å². The number of nitrogens with zero attached hydrogens (tertiary/aromatic N) is 2. The van der Waals surface area contributed by atoms with Crippen LogP contribution in [0.1, 0.15) is 30.1 Å². The molecule has 1 saturated heterocycles. The van der Waals surface area contributed by atoms with Crippen LogP contribution in [0.25, 0.3) is 0 Å². The van der Waals surface area contributed by atoms with Gasteiger partial charge in [-0.1, -0.05) is 17.7 Å². The molecule has 1 aliphatic heterocycles. The molecule has 21 heavy (non-hydrogen) atoms. The Hall–Kier alpha value is -1.66. The zero-order valence-electron chi connectivity index (χ0n) is 11.8. The molecule has 2 N–H and O–H groups in total.